The van der Waals surface area contributed by atoms with Gasteiger partial charge in [0.25, 0.3) is 11.8 Å². The van der Waals surface area contributed by atoms with Crippen molar-refractivity contribution >= 4 is 34.7 Å². The predicted octanol–water partition coefficient (Wildman–Crippen LogP) is 3.86. The van der Waals surface area contributed by atoms with E-state index >= 15 is 0 Å². The van der Waals surface area contributed by atoms with E-state index in [1.54, 1.807) is 31.2 Å². The molecule has 0 saturated heterocycles. The van der Waals surface area contributed by atoms with Crippen LogP contribution in [-0.2, 0) is 9.59 Å². The second-order valence-electron chi connectivity index (χ2n) is 5.60. The van der Waals surface area contributed by atoms with Gasteiger partial charge in [-0.15, -0.1) is 0 Å². The standard InChI is InChI=1S/C19H17ClN2O2/c1-3-22-18(23)16(13-6-8-14(20)9-7-13)17(19(22)24)21-15-10-4-12(2)5-11-15/h4-11,21H,3H2,1-2H3. The molecule has 0 atom stereocenters. The van der Waals surface area contributed by atoms with Crippen molar-refractivity contribution in [2.24, 2.45) is 0 Å². The van der Waals surface area contributed by atoms with Crippen LogP contribution < -0.4 is 5.32 Å². The molecule has 0 radical (unpaired) electrons. The summed E-state index contributed by atoms with van der Waals surface area (Å²) in [5.74, 6) is -0.604. The third-order valence-corrected chi connectivity index (χ3v) is 4.19. The Labute approximate surface area is 145 Å². The zero-order valence-corrected chi connectivity index (χ0v) is 14.2. The molecule has 1 heterocycles. The Morgan fingerprint density at radius 2 is 1.58 bits per heavy atom. The van der Waals surface area contributed by atoms with Crippen LogP contribution in [-0.4, -0.2) is 23.3 Å². The van der Waals surface area contributed by atoms with Crippen LogP contribution in [0.4, 0.5) is 5.69 Å². The maximum atomic E-state index is 12.7. The lowest BCUT2D eigenvalue weighted by molar-refractivity contribution is -0.136. The van der Waals surface area contributed by atoms with Crippen LogP contribution >= 0.6 is 11.6 Å². The van der Waals surface area contributed by atoms with Gasteiger partial charge in [-0.25, -0.2) is 0 Å². The van der Waals surface area contributed by atoms with Gasteiger partial charge in [0.1, 0.15) is 5.70 Å². The van der Waals surface area contributed by atoms with Crippen molar-refractivity contribution in [2.45, 2.75) is 13.8 Å². The van der Waals surface area contributed by atoms with Gasteiger partial charge in [0.05, 0.1) is 5.57 Å². The SMILES string of the molecule is CCN1C(=O)C(Nc2ccc(C)cc2)=C(c2ccc(Cl)cc2)C1=O. The smallest absolute Gasteiger partial charge is 0.278 e. The molecule has 2 aromatic carbocycles. The number of carbonyl (C=O) groups excluding carboxylic acids is 2. The number of imide groups is 1. The molecular weight excluding hydrogens is 324 g/mol. The van der Waals surface area contributed by atoms with Gasteiger partial charge in [0, 0.05) is 17.3 Å². The topological polar surface area (TPSA) is 49.4 Å². The van der Waals surface area contributed by atoms with E-state index in [4.69, 9.17) is 11.6 Å². The summed E-state index contributed by atoms with van der Waals surface area (Å²) in [5.41, 5.74) is 3.23. The van der Waals surface area contributed by atoms with Crippen LogP contribution in [0.15, 0.2) is 54.2 Å². The number of carbonyl (C=O) groups is 2. The molecule has 0 saturated carbocycles. The molecule has 0 aliphatic carbocycles. The number of nitrogens with zero attached hydrogens (tertiary/aromatic N) is 1. The summed E-state index contributed by atoms with van der Waals surface area (Å²) in [7, 11) is 0. The summed E-state index contributed by atoms with van der Waals surface area (Å²) in [6.45, 7) is 4.10. The third kappa shape index (κ3) is 2.93. The zero-order chi connectivity index (χ0) is 17.3. The molecule has 1 aliphatic rings. The minimum absolute atomic E-state index is 0.292. The second-order valence-corrected chi connectivity index (χ2v) is 6.04. The van der Waals surface area contributed by atoms with Crippen molar-refractivity contribution in [1.82, 2.24) is 4.90 Å². The van der Waals surface area contributed by atoms with E-state index in [0.29, 0.717) is 28.4 Å². The monoisotopic (exact) mass is 340 g/mol. The van der Waals surface area contributed by atoms with Gasteiger partial charge in [-0.05, 0) is 43.7 Å². The van der Waals surface area contributed by atoms with Crippen LogP contribution in [0, 0.1) is 6.92 Å². The Balaban J connectivity index is 2.07. The lowest BCUT2D eigenvalue weighted by Gasteiger charge is -2.12. The maximum Gasteiger partial charge on any atom is 0.278 e. The molecule has 2 aromatic rings. The molecule has 1 N–H and O–H groups in total. The van der Waals surface area contributed by atoms with Crippen molar-refractivity contribution in [3.8, 4) is 0 Å². The van der Waals surface area contributed by atoms with Gasteiger partial charge in [-0.1, -0.05) is 41.4 Å². The number of aryl methyl sites for hydroxylation is 1. The van der Waals surface area contributed by atoms with Crippen LogP contribution in [0.1, 0.15) is 18.1 Å². The van der Waals surface area contributed by atoms with Gasteiger partial charge in [0.2, 0.25) is 0 Å². The molecule has 1 aliphatic heterocycles. The largest absolute Gasteiger partial charge is 0.350 e. The van der Waals surface area contributed by atoms with Crippen LogP contribution in [0.3, 0.4) is 0 Å². The van der Waals surface area contributed by atoms with Gasteiger partial charge in [-0.2, -0.15) is 0 Å². The number of nitrogens with one attached hydrogen (secondary N) is 1. The molecule has 0 aromatic heterocycles. The van der Waals surface area contributed by atoms with Crippen molar-refractivity contribution < 1.29 is 9.59 Å². The molecule has 0 spiro atoms. The van der Waals surface area contributed by atoms with Crippen molar-refractivity contribution in [1.29, 1.82) is 0 Å². The quantitative estimate of drug-likeness (QED) is 0.860. The Hall–Kier alpha value is -2.59. The molecule has 0 unspecified atom stereocenters. The molecule has 2 amide bonds. The van der Waals surface area contributed by atoms with Crippen LogP contribution in [0.25, 0.3) is 5.57 Å². The average molecular weight is 341 g/mol. The second kappa shape index (κ2) is 6.49. The molecule has 4 nitrogen and oxygen atoms in total. The number of halogens is 1. The van der Waals surface area contributed by atoms with Crippen LogP contribution in [0.5, 0.6) is 0 Å². The predicted molar refractivity (Wildman–Crippen MR) is 95.6 cm³/mol. The van der Waals surface area contributed by atoms with Gasteiger partial charge >= 0.3 is 0 Å². The van der Waals surface area contributed by atoms with E-state index in [2.05, 4.69) is 5.32 Å². The third-order valence-electron chi connectivity index (χ3n) is 3.94. The normalized spacial score (nSPS) is 14.5. The van der Waals surface area contributed by atoms with Gasteiger partial charge < -0.3 is 5.32 Å². The molecule has 24 heavy (non-hydrogen) atoms. The fourth-order valence-corrected chi connectivity index (χ4v) is 2.77. The Kier molecular flexibility index (Phi) is 4.40. The molecule has 3 rings (SSSR count). The Bertz CT molecular complexity index is 823. The zero-order valence-electron chi connectivity index (χ0n) is 13.5. The number of rotatable bonds is 4. The van der Waals surface area contributed by atoms with Gasteiger partial charge in [-0.3, -0.25) is 14.5 Å². The number of hydrogen-bond donors (Lipinski definition) is 1. The Morgan fingerprint density at radius 3 is 2.17 bits per heavy atom. The summed E-state index contributed by atoms with van der Waals surface area (Å²) in [5, 5.41) is 3.69. The van der Waals surface area contributed by atoms with E-state index in [1.165, 1.54) is 4.90 Å². The van der Waals surface area contributed by atoms with Crippen molar-refractivity contribution in [2.75, 3.05) is 11.9 Å². The first kappa shape index (κ1) is 16.3. The lowest BCUT2D eigenvalue weighted by atomic mass is 10.0. The summed E-state index contributed by atoms with van der Waals surface area (Å²) in [6.07, 6.45) is 0. The number of benzene rings is 2. The summed E-state index contributed by atoms with van der Waals surface area (Å²) < 4.78 is 0. The summed E-state index contributed by atoms with van der Waals surface area (Å²) >= 11 is 5.93. The van der Waals surface area contributed by atoms with Crippen molar-refractivity contribution in [3.05, 3.63) is 70.4 Å². The maximum absolute atomic E-state index is 12.7. The molecule has 5 heteroatoms. The number of anilines is 1. The summed E-state index contributed by atoms with van der Waals surface area (Å²) in [4.78, 5) is 26.5. The first-order valence-electron chi connectivity index (χ1n) is 7.71. The highest BCUT2D eigenvalue weighted by atomic mass is 35.5. The summed E-state index contributed by atoms with van der Waals surface area (Å²) in [6, 6.07) is 14.6. The van der Waals surface area contributed by atoms with Crippen molar-refractivity contribution in [3.63, 3.8) is 0 Å². The lowest BCUT2D eigenvalue weighted by Crippen LogP contribution is -2.32. The number of hydrogen-bond acceptors (Lipinski definition) is 3. The minimum Gasteiger partial charge on any atom is -0.350 e. The molecular formula is C19H17ClN2O2. The van der Waals surface area contributed by atoms with Crippen LogP contribution in [0.2, 0.25) is 5.02 Å². The first-order valence-corrected chi connectivity index (χ1v) is 8.09. The highest BCUT2D eigenvalue weighted by molar-refractivity contribution is 6.36. The highest BCUT2D eigenvalue weighted by Gasteiger charge is 2.38. The average Bonchev–Trinajstić information content (AvgIpc) is 2.81. The fraction of sp³-hybridized carbons (Fsp3) is 0.158. The van der Waals surface area contributed by atoms with E-state index in [-0.39, 0.29) is 11.8 Å². The van der Waals surface area contributed by atoms with E-state index in [0.717, 1.165) is 11.3 Å². The molecule has 122 valence electrons. The Morgan fingerprint density at radius 1 is 0.958 bits per heavy atom. The minimum atomic E-state index is -0.312. The molecule has 0 bridgehead atoms. The highest BCUT2D eigenvalue weighted by Crippen LogP contribution is 2.30. The first-order chi connectivity index (χ1) is 11.5. The number of likely N-dealkylation sites (N-methyl/N-ethyl adjacent to an activating group) is 1. The van der Waals surface area contributed by atoms with E-state index < -0.39 is 0 Å². The van der Waals surface area contributed by atoms with Gasteiger partial charge in [0.15, 0.2) is 0 Å². The van der Waals surface area contributed by atoms with E-state index in [9.17, 15) is 9.59 Å². The van der Waals surface area contributed by atoms with E-state index in [1.807, 2.05) is 31.2 Å². The fourth-order valence-electron chi connectivity index (χ4n) is 2.64. The molecule has 0 fully saturated rings. The number of amides is 2.